The molecule has 0 unspecified atom stereocenters. The van der Waals surface area contributed by atoms with Crippen LogP contribution in [0.1, 0.15) is 67.1 Å². The summed E-state index contributed by atoms with van der Waals surface area (Å²) < 4.78 is 5.33. The van der Waals surface area contributed by atoms with Crippen LogP contribution >= 0.6 is 0 Å². The molecule has 5 rings (SSSR count). The van der Waals surface area contributed by atoms with Gasteiger partial charge in [-0.1, -0.05) is 35.9 Å². The normalized spacial score (nSPS) is 21.5. The smallest absolute Gasteiger partial charge is 0.225 e. The van der Waals surface area contributed by atoms with Crippen molar-refractivity contribution in [2.45, 2.75) is 64.5 Å². The Morgan fingerprint density at radius 3 is 2.54 bits per heavy atom. The monoisotopic (exact) mass is 472 g/mol. The molecule has 6 heteroatoms. The van der Waals surface area contributed by atoms with Crippen LogP contribution < -0.4 is 5.32 Å². The second-order valence-corrected chi connectivity index (χ2v) is 10.3. The molecular weight excluding hydrogens is 436 g/mol. The number of nitrogens with one attached hydrogen (secondary N) is 1. The van der Waals surface area contributed by atoms with Gasteiger partial charge in [0.2, 0.25) is 5.91 Å². The third kappa shape index (κ3) is 5.03. The van der Waals surface area contributed by atoms with Gasteiger partial charge in [0.25, 0.3) is 0 Å². The van der Waals surface area contributed by atoms with Crippen molar-refractivity contribution in [3.8, 4) is 0 Å². The number of hydrogen-bond acceptors (Lipinski definition) is 5. The number of benzene rings is 2. The molecule has 2 aromatic carbocycles. The van der Waals surface area contributed by atoms with Crippen molar-refractivity contribution in [3.63, 3.8) is 0 Å². The zero-order chi connectivity index (χ0) is 24.5. The highest BCUT2D eigenvalue weighted by Gasteiger charge is 2.36. The van der Waals surface area contributed by atoms with Crippen LogP contribution in [0.25, 0.3) is 10.9 Å². The van der Waals surface area contributed by atoms with Crippen LogP contribution in [0.4, 0.5) is 5.82 Å². The van der Waals surface area contributed by atoms with Crippen molar-refractivity contribution < 1.29 is 9.53 Å². The summed E-state index contributed by atoms with van der Waals surface area (Å²) in [6.07, 6.45) is 4.21. The molecule has 184 valence electrons. The molecule has 3 aromatic rings. The number of likely N-dealkylation sites (tertiary alicyclic amines) is 1. The Morgan fingerprint density at radius 2 is 1.83 bits per heavy atom. The fourth-order valence-corrected chi connectivity index (χ4v) is 5.55. The van der Waals surface area contributed by atoms with Gasteiger partial charge in [-0.15, -0.1) is 0 Å². The zero-order valence-corrected chi connectivity index (χ0v) is 21.3. The summed E-state index contributed by atoms with van der Waals surface area (Å²) >= 11 is 0. The molecule has 0 spiro atoms. The summed E-state index contributed by atoms with van der Waals surface area (Å²) in [4.78, 5) is 24.2. The molecule has 0 bridgehead atoms. The second-order valence-electron chi connectivity index (χ2n) is 10.3. The van der Waals surface area contributed by atoms with Crippen molar-refractivity contribution in [1.29, 1.82) is 0 Å². The molecule has 1 N–H and O–H groups in total. The molecule has 2 aliphatic rings. The number of carbonyl (C=O) groups excluding carboxylic acids is 1. The van der Waals surface area contributed by atoms with Crippen LogP contribution in [0.2, 0.25) is 0 Å². The van der Waals surface area contributed by atoms with Crippen molar-refractivity contribution in [1.82, 2.24) is 14.9 Å². The molecule has 1 amide bonds. The van der Waals surface area contributed by atoms with Gasteiger partial charge in [-0.25, -0.2) is 9.97 Å². The van der Waals surface area contributed by atoms with Crippen LogP contribution in [-0.4, -0.2) is 47.1 Å². The summed E-state index contributed by atoms with van der Waals surface area (Å²) in [7, 11) is 1.72. The van der Waals surface area contributed by atoms with Gasteiger partial charge in [0.15, 0.2) is 0 Å². The van der Waals surface area contributed by atoms with Crippen molar-refractivity contribution >= 4 is 22.6 Å². The van der Waals surface area contributed by atoms with Gasteiger partial charge < -0.3 is 15.0 Å². The number of methoxy groups -OCH3 is 1. The number of carbonyl (C=O) groups is 1. The van der Waals surface area contributed by atoms with E-state index in [9.17, 15) is 4.79 Å². The second kappa shape index (κ2) is 9.94. The van der Waals surface area contributed by atoms with E-state index in [1.807, 2.05) is 11.8 Å². The quantitative estimate of drug-likeness (QED) is 0.509. The third-order valence-corrected chi connectivity index (χ3v) is 7.77. The summed E-state index contributed by atoms with van der Waals surface area (Å²) in [5.74, 6) is 2.59. The topological polar surface area (TPSA) is 67.3 Å². The first-order valence-electron chi connectivity index (χ1n) is 12.8. The molecule has 1 aliphatic carbocycles. The Morgan fingerprint density at radius 1 is 1.06 bits per heavy atom. The minimum atomic E-state index is 0.136. The van der Waals surface area contributed by atoms with Gasteiger partial charge in [0.05, 0.1) is 11.6 Å². The molecular formula is C29H36N4O2. The number of nitrogens with zero attached hydrogens (tertiary/aromatic N) is 3. The molecule has 2 heterocycles. The third-order valence-electron chi connectivity index (χ3n) is 7.77. The van der Waals surface area contributed by atoms with E-state index in [0.29, 0.717) is 11.8 Å². The number of ether oxygens (including phenoxy) is 1. The Bertz CT molecular complexity index is 1210. The number of hydrogen-bond donors (Lipinski definition) is 1. The van der Waals surface area contributed by atoms with Crippen molar-refractivity contribution in [3.05, 3.63) is 65.0 Å². The van der Waals surface area contributed by atoms with Crippen LogP contribution in [0.3, 0.4) is 0 Å². The van der Waals surface area contributed by atoms with Gasteiger partial charge >= 0.3 is 0 Å². The molecule has 2 fully saturated rings. The van der Waals surface area contributed by atoms with E-state index in [1.165, 1.54) is 16.7 Å². The number of aryl methyl sites for hydroxylation is 2. The Labute approximate surface area is 208 Å². The highest BCUT2D eigenvalue weighted by molar-refractivity contribution is 5.90. The minimum Gasteiger partial charge on any atom is -0.378 e. The Kier molecular flexibility index (Phi) is 6.74. The maximum Gasteiger partial charge on any atom is 0.225 e. The van der Waals surface area contributed by atoms with Gasteiger partial charge in [-0.2, -0.15) is 0 Å². The predicted molar refractivity (Wildman–Crippen MR) is 140 cm³/mol. The van der Waals surface area contributed by atoms with Gasteiger partial charge in [0, 0.05) is 37.5 Å². The number of fused-ring (bicyclic) bond motifs is 1. The number of amides is 1. The van der Waals surface area contributed by atoms with E-state index in [1.54, 1.807) is 7.11 Å². The highest BCUT2D eigenvalue weighted by atomic mass is 16.5. The lowest BCUT2D eigenvalue weighted by Gasteiger charge is -2.41. The van der Waals surface area contributed by atoms with Crippen molar-refractivity contribution in [2.24, 2.45) is 5.92 Å². The first kappa shape index (κ1) is 23.7. The first-order valence-corrected chi connectivity index (χ1v) is 12.8. The molecule has 1 atom stereocenters. The molecule has 1 aromatic heterocycles. The standard InChI is InChI=1S/C29H36N4O2/c1-18-6-5-7-23(14-18)19(2)30-28-26-15-24(12-13-27(26)31-20(3)32-28)21-8-10-22(11-9-21)29(34)33-16-25(17-33)35-4/h5-7,12-15,19,21-22,25H,8-11,16-17H2,1-4H3,(H,30,31,32)/t19-,21?,22?/m1/s1. The zero-order valence-electron chi connectivity index (χ0n) is 21.3. The number of anilines is 1. The molecule has 1 saturated heterocycles. The summed E-state index contributed by atoms with van der Waals surface area (Å²) in [6.45, 7) is 7.73. The SMILES string of the molecule is COC1CN(C(=O)C2CCC(c3ccc4nc(C)nc(N[C@H](C)c5cccc(C)c5)c4c3)CC2)C1. The Hall–Kier alpha value is -2.99. The lowest BCUT2D eigenvalue weighted by molar-refractivity contribution is -0.148. The Balaban J connectivity index is 1.31. The van der Waals surface area contributed by atoms with E-state index in [-0.39, 0.29) is 18.1 Å². The summed E-state index contributed by atoms with van der Waals surface area (Å²) in [6, 6.07) is 15.3. The molecule has 35 heavy (non-hydrogen) atoms. The van der Waals surface area contributed by atoms with E-state index < -0.39 is 0 Å². The fourth-order valence-electron chi connectivity index (χ4n) is 5.55. The summed E-state index contributed by atoms with van der Waals surface area (Å²) in [5, 5.41) is 4.71. The fraction of sp³-hybridized carbons (Fsp3) is 0.483. The minimum absolute atomic E-state index is 0.136. The van der Waals surface area contributed by atoms with Crippen molar-refractivity contribution in [2.75, 3.05) is 25.5 Å². The number of aromatic nitrogens is 2. The van der Waals surface area contributed by atoms with Gasteiger partial charge in [0.1, 0.15) is 11.6 Å². The molecule has 0 radical (unpaired) electrons. The average Bonchev–Trinajstić information content (AvgIpc) is 2.83. The number of rotatable bonds is 6. The highest BCUT2D eigenvalue weighted by Crippen LogP contribution is 2.38. The largest absolute Gasteiger partial charge is 0.378 e. The van der Waals surface area contributed by atoms with E-state index >= 15 is 0 Å². The lowest BCUT2D eigenvalue weighted by Crippen LogP contribution is -2.56. The van der Waals surface area contributed by atoms with Gasteiger partial charge in [-0.3, -0.25) is 4.79 Å². The van der Waals surface area contributed by atoms with Crippen LogP contribution in [0.15, 0.2) is 42.5 Å². The predicted octanol–water partition coefficient (Wildman–Crippen LogP) is 5.55. The van der Waals surface area contributed by atoms with E-state index in [2.05, 4.69) is 66.6 Å². The van der Waals surface area contributed by atoms with E-state index in [4.69, 9.17) is 9.72 Å². The van der Waals surface area contributed by atoms with Crippen LogP contribution in [-0.2, 0) is 9.53 Å². The summed E-state index contributed by atoms with van der Waals surface area (Å²) in [5.41, 5.74) is 4.79. The lowest BCUT2D eigenvalue weighted by atomic mass is 9.77. The molecule has 6 nitrogen and oxygen atoms in total. The maximum atomic E-state index is 12.8. The van der Waals surface area contributed by atoms with Gasteiger partial charge in [-0.05, 0) is 75.6 Å². The van der Waals surface area contributed by atoms with E-state index in [0.717, 1.165) is 61.3 Å². The average molecular weight is 473 g/mol. The first-order chi connectivity index (χ1) is 16.9. The maximum absolute atomic E-state index is 12.8. The molecule has 1 saturated carbocycles. The molecule has 1 aliphatic heterocycles. The van der Waals surface area contributed by atoms with Crippen LogP contribution in [0.5, 0.6) is 0 Å². The van der Waals surface area contributed by atoms with Crippen LogP contribution in [0, 0.1) is 19.8 Å².